The normalized spacial score (nSPS) is 21.8. The number of ether oxygens (including phenoxy) is 2. The van der Waals surface area contributed by atoms with Gasteiger partial charge in [0.25, 0.3) is 0 Å². The standard InChI is InChI=1S/C18H21F3N4O6S/c19-18(20,21)31-13-2-1-3-14(8-13)32(28,29)25-6-4-23(5-7-25)16(27)24-10-17(11-24)12-30-9-15(26)22-17/h1-3,8H,4-7,9-12H2,(H,22,26). The summed E-state index contributed by atoms with van der Waals surface area (Å²) in [7, 11) is -4.06. The van der Waals surface area contributed by atoms with E-state index in [-0.39, 0.29) is 49.6 Å². The van der Waals surface area contributed by atoms with Crippen molar-refractivity contribution in [1.82, 2.24) is 19.4 Å². The number of hydrogen-bond acceptors (Lipinski definition) is 6. The van der Waals surface area contributed by atoms with Gasteiger partial charge in [-0.15, -0.1) is 13.2 Å². The molecule has 0 atom stereocenters. The SMILES string of the molecule is O=C1COCC2(CN(C(=O)N3CCN(S(=O)(=O)c4cccc(OC(F)(F)F)c4)CC3)C2)N1. The van der Waals surface area contributed by atoms with E-state index in [9.17, 15) is 31.2 Å². The zero-order chi connectivity index (χ0) is 23.1. The van der Waals surface area contributed by atoms with Crippen LogP contribution in [-0.4, -0.2) is 98.8 Å². The Morgan fingerprint density at radius 1 is 1.12 bits per heavy atom. The number of halogens is 3. The number of carbonyl (C=O) groups is 2. The van der Waals surface area contributed by atoms with Gasteiger partial charge in [-0.25, -0.2) is 13.2 Å². The third-order valence-corrected chi connectivity index (χ3v) is 7.35. The van der Waals surface area contributed by atoms with Gasteiger partial charge in [-0.3, -0.25) is 4.79 Å². The summed E-state index contributed by atoms with van der Waals surface area (Å²) < 4.78 is 73.1. The van der Waals surface area contributed by atoms with E-state index >= 15 is 0 Å². The lowest BCUT2D eigenvalue weighted by molar-refractivity contribution is -0.274. The molecule has 3 fully saturated rings. The van der Waals surface area contributed by atoms with Crippen LogP contribution >= 0.6 is 0 Å². The molecule has 1 aromatic rings. The molecule has 176 valence electrons. The fraction of sp³-hybridized carbons (Fsp3) is 0.556. The minimum atomic E-state index is -4.93. The lowest BCUT2D eigenvalue weighted by Gasteiger charge is -2.52. The molecule has 0 saturated carbocycles. The van der Waals surface area contributed by atoms with Crippen LogP contribution in [0.15, 0.2) is 29.2 Å². The molecule has 3 saturated heterocycles. The van der Waals surface area contributed by atoms with E-state index in [0.717, 1.165) is 16.4 Å². The number of benzene rings is 1. The van der Waals surface area contributed by atoms with Crippen molar-refractivity contribution in [2.75, 3.05) is 52.5 Å². The Morgan fingerprint density at radius 2 is 1.81 bits per heavy atom. The van der Waals surface area contributed by atoms with Crippen LogP contribution in [0.3, 0.4) is 0 Å². The van der Waals surface area contributed by atoms with Gasteiger partial charge in [-0.2, -0.15) is 4.31 Å². The molecule has 1 N–H and O–H groups in total. The Balaban J connectivity index is 1.34. The molecule has 3 aliphatic rings. The van der Waals surface area contributed by atoms with Gasteiger partial charge in [0.15, 0.2) is 0 Å². The first-order chi connectivity index (χ1) is 15.0. The number of morpholine rings is 1. The topological polar surface area (TPSA) is 108 Å². The largest absolute Gasteiger partial charge is 0.573 e. The molecule has 0 bridgehead atoms. The molecule has 1 spiro atoms. The zero-order valence-electron chi connectivity index (χ0n) is 16.8. The summed E-state index contributed by atoms with van der Waals surface area (Å²) in [5.41, 5.74) is -0.570. The van der Waals surface area contributed by atoms with Gasteiger partial charge in [0.1, 0.15) is 12.4 Å². The highest BCUT2D eigenvalue weighted by Gasteiger charge is 2.49. The number of nitrogens with one attached hydrogen (secondary N) is 1. The molecule has 32 heavy (non-hydrogen) atoms. The van der Waals surface area contributed by atoms with Crippen molar-refractivity contribution in [2.45, 2.75) is 16.8 Å². The summed E-state index contributed by atoms with van der Waals surface area (Å²) in [5, 5.41) is 2.84. The van der Waals surface area contributed by atoms with Crippen LogP contribution < -0.4 is 10.1 Å². The summed E-state index contributed by atoms with van der Waals surface area (Å²) >= 11 is 0. The van der Waals surface area contributed by atoms with Crippen molar-refractivity contribution < 1.29 is 40.7 Å². The molecule has 0 aliphatic carbocycles. The predicted molar refractivity (Wildman–Crippen MR) is 102 cm³/mol. The quantitative estimate of drug-likeness (QED) is 0.666. The van der Waals surface area contributed by atoms with E-state index < -0.39 is 27.7 Å². The molecule has 3 heterocycles. The third-order valence-electron chi connectivity index (χ3n) is 5.46. The first-order valence-electron chi connectivity index (χ1n) is 9.76. The Labute approximate surface area is 181 Å². The van der Waals surface area contributed by atoms with Crippen molar-refractivity contribution >= 4 is 22.0 Å². The van der Waals surface area contributed by atoms with Crippen molar-refractivity contribution in [3.63, 3.8) is 0 Å². The third kappa shape index (κ3) is 4.61. The van der Waals surface area contributed by atoms with E-state index in [4.69, 9.17) is 4.74 Å². The van der Waals surface area contributed by atoms with Gasteiger partial charge >= 0.3 is 12.4 Å². The maximum absolute atomic E-state index is 12.8. The van der Waals surface area contributed by atoms with Crippen LogP contribution in [0.5, 0.6) is 5.75 Å². The number of rotatable bonds is 3. The number of hydrogen-bond donors (Lipinski definition) is 1. The van der Waals surface area contributed by atoms with Crippen LogP contribution in [-0.2, 0) is 19.6 Å². The molecule has 0 radical (unpaired) electrons. The van der Waals surface area contributed by atoms with E-state index in [1.807, 2.05) is 0 Å². The highest BCUT2D eigenvalue weighted by Crippen LogP contribution is 2.28. The fourth-order valence-electron chi connectivity index (χ4n) is 4.00. The van der Waals surface area contributed by atoms with Gasteiger partial charge in [-0.05, 0) is 12.1 Å². The highest BCUT2D eigenvalue weighted by atomic mass is 32.2. The lowest BCUT2D eigenvalue weighted by atomic mass is 9.90. The number of nitrogens with zero attached hydrogens (tertiary/aromatic N) is 3. The average Bonchev–Trinajstić information content (AvgIpc) is 2.70. The van der Waals surface area contributed by atoms with Crippen molar-refractivity contribution in [1.29, 1.82) is 0 Å². The second-order valence-corrected chi connectivity index (χ2v) is 9.81. The Kier molecular flexibility index (Phi) is 5.71. The number of carbonyl (C=O) groups excluding carboxylic acids is 2. The number of piperazine rings is 1. The van der Waals surface area contributed by atoms with E-state index in [2.05, 4.69) is 10.1 Å². The molecular weight excluding hydrogens is 457 g/mol. The Morgan fingerprint density at radius 3 is 2.44 bits per heavy atom. The van der Waals surface area contributed by atoms with E-state index in [1.54, 1.807) is 4.90 Å². The summed E-state index contributed by atoms with van der Waals surface area (Å²) in [6.45, 7) is 1.19. The van der Waals surface area contributed by atoms with Crippen LogP contribution in [0.25, 0.3) is 0 Å². The summed E-state index contributed by atoms with van der Waals surface area (Å²) in [4.78, 5) is 26.9. The van der Waals surface area contributed by atoms with Gasteiger partial charge in [0.05, 0.1) is 17.0 Å². The van der Waals surface area contributed by atoms with Crippen LogP contribution in [0, 0.1) is 0 Å². The van der Waals surface area contributed by atoms with Crippen molar-refractivity contribution in [2.24, 2.45) is 0 Å². The number of alkyl halides is 3. The molecular formula is C18H21F3N4O6S. The first-order valence-corrected chi connectivity index (χ1v) is 11.2. The van der Waals surface area contributed by atoms with Gasteiger partial charge in [0, 0.05) is 45.3 Å². The Hall–Kier alpha value is -2.58. The lowest BCUT2D eigenvalue weighted by Crippen LogP contribution is -2.76. The average molecular weight is 478 g/mol. The molecule has 0 unspecified atom stereocenters. The first kappa shape index (κ1) is 22.6. The minimum absolute atomic E-state index is 0.00261. The fourth-order valence-corrected chi connectivity index (χ4v) is 5.46. The minimum Gasteiger partial charge on any atom is -0.406 e. The Bertz CT molecular complexity index is 1000. The van der Waals surface area contributed by atoms with Crippen LogP contribution in [0.2, 0.25) is 0 Å². The number of urea groups is 1. The van der Waals surface area contributed by atoms with Gasteiger partial charge in [-0.1, -0.05) is 6.07 Å². The van der Waals surface area contributed by atoms with Crippen LogP contribution in [0.4, 0.5) is 18.0 Å². The van der Waals surface area contributed by atoms with E-state index in [1.165, 1.54) is 17.0 Å². The molecule has 4 rings (SSSR count). The predicted octanol–water partition coefficient (Wildman–Crippen LogP) is 0.212. The molecule has 3 aliphatic heterocycles. The van der Waals surface area contributed by atoms with Gasteiger partial charge in [0.2, 0.25) is 15.9 Å². The van der Waals surface area contributed by atoms with Gasteiger partial charge < -0.3 is 24.6 Å². The second kappa shape index (κ2) is 8.08. The summed E-state index contributed by atoms with van der Waals surface area (Å²) in [6.07, 6.45) is -4.93. The van der Waals surface area contributed by atoms with Crippen LogP contribution in [0.1, 0.15) is 0 Å². The molecule has 1 aromatic carbocycles. The zero-order valence-corrected chi connectivity index (χ0v) is 17.6. The monoisotopic (exact) mass is 478 g/mol. The maximum Gasteiger partial charge on any atom is 0.573 e. The summed E-state index contributed by atoms with van der Waals surface area (Å²) in [6, 6.07) is 3.92. The molecule has 0 aromatic heterocycles. The number of likely N-dealkylation sites (tertiary alicyclic amines) is 1. The second-order valence-electron chi connectivity index (χ2n) is 7.87. The number of amides is 3. The van der Waals surface area contributed by atoms with Crippen molar-refractivity contribution in [3.05, 3.63) is 24.3 Å². The highest BCUT2D eigenvalue weighted by molar-refractivity contribution is 7.89. The molecule has 10 nitrogen and oxygen atoms in total. The molecule has 14 heteroatoms. The summed E-state index contributed by atoms with van der Waals surface area (Å²) in [5.74, 6) is -0.857. The maximum atomic E-state index is 12.8. The van der Waals surface area contributed by atoms with E-state index in [0.29, 0.717) is 19.7 Å². The number of sulfonamides is 1. The smallest absolute Gasteiger partial charge is 0.406 e. The van der Waals surface area contributed by atoms with Crippen molar-refractivity contribution in [3.8, 4) is 5.75 Å². The molecule has 3 amide bonds.